The first kappa shape index (κ1) is 19.5. The molecule has 1 aliphatic heterocycles. The molecule has 1 aliphatic rings. The standard InChI is InChI=1S/C20H21FN6OS/c1-13-11-14(2)23-20(22-13)29-12-17-18(19(28)26-9-3-4-10-26)24-25-27(17)16-7-5-15(21)6-8-16/h5-8,11H,3-4,9-10,12H2,1-2H3. The molecule has 1 aromatic carbocycles. The summed E-state index contributed by atoms with van der Waals surface area (Å²) >= 11 is 1.42. The zero-order chi connectivity index (χ0) is 20.4. The van der Waals surface area contributed by atoms with E-state index in [9.17, 15) is 9.18 Å². The van der Waals surface area contributed by atoms with Crippen LogP contribution in [0.4, 0.5) is 4.39 Å². The average molecular weight is 412 g/mol. The van der Waals surface area contributed by atoms with Gasteiger partial charge in [-0.3, -0.25) is 4.79 Å². The van der Waals surface area contributed by atoms with Crippen molar-refractivity contribution in [2.24, 2.45) is 0 Å². The van der Waals surface area contributed by atoms with E-state index in [1.54, 1.807) is 21.7 Å². The smallest absolute Gasteiger partial charge is 0.276 e. The van der Waals surface area contributed by atoms with E-state index in [1.807, 2.05) is 19.9 Å². The van der Waals surface area contributed by atoms with Crippen LogP contribution in [0, 0.1) is 19.7 Å². The molecule has 0 aliphatic carbocycles. The highest BCUT2D eigenvalue weighted by Gasteiger charge is 2.27. The first-order valence-electron chi connectivity index (χ1n) is 9.46. The molecule has 0 unspecified atom stereocenters. The lowest BCUT2D eigenvalue weighted by molar-refractivity contribution is 0.0786. The summed E-state index contributed by atoms with van der Waals surface area (Å²) in [5.74, 6) is -0.0306. The fraction of sp³-hybridized carbons (Fsp3) is 0.350. The molecule has 3 heterocycles. The highest BCUT2D eigenvalue weighted by atomic mass is 32.2. The number of aryl methyl sites for hydroxylation is 2. The molecule has 0 atom stereocenters. The van der Waals surface area contributed by atoms with E-state index in [1.165, 1.54) is 23.9 Å². The van der Waals surface area contributed by atoms with Crippen molar-refractivity contribution in [1.82, 2.24) is 29.9 Å². The maximum atomic E-state index is 13.4. The molecule has 9 heteroatoms. The molecule has 150 valence electrons. The third-order valence-corrected chi connectivity index (χ3v) is 5.59. The molecule has 0 radical (unpaired) electrons. The van der Waals surface area contributed by atoms with Crippen molar-refractivity contribution >= 4 is 17.7 Å². The van der Waals surface area contributed by atoms with Crippen LogP contribution in [0.5, 0.6) is 0 Å². The van der Waals surface area contributed by atoms with Gasteiger partial charge >= 0.3 is 0 Å². The highest BCUT2D eigenvalue weighted by molar-refractivity contribution is 7.98. The number of hydrogen-bond acceptors (Lipinski definition) is 6. The maximum Gasteiger partial charge on any atom is 0.276 e. The lowest BCUT2D eigenvalue weighted by Crippen LogP contribution is -2.28. The van der Waals surface area contributed by atoms with E-state index in [4.69, 9.17) is 0 Å². The monoisotopic (exact) mass is 412 g/mol. The summed E-state index contributed by atoms with van der Waals surface area (Å²) in [4.78, 5) is 23.7. The minimum absolute atomic E-state index is 0.118. The topological polar surface area (TPSA) is 76.8 Å². The van der Waals surface area contributed by atoms with Gasteiger partial charge in [-0.1, -0.05) is 17.0 Å². The Labute approximate surface area is 172 Å². The predicted octanol–water partition coefficient (Wildman–Crippen LogP) is 3.34. The number of halogens is 1. The van der Waals surface area contributed by atoms with Crippen LogP contribution in [0.1, 0.15) is 40.4 Å². The molecule has 2 aromatic heterocycles. The largest absolute Gasteiger partial charge is 0.337 e. The Morgan fingerprint density at radius 1 is 1.10 bits per heavy atom. The van der Waals surface area contributed by atoms with Crippen LogP contribution in [0.2, 0.25) is 0 Å². The van der Waals surface area contributed by atoms with Gasteiger partial charge in [-0.05, 0) is 57.0 Å². The van der Waals surface area contributed by atoms with Crippen LogP contribution in [0.15, 0.2) is 35.5 Å². The Bertz CT molecular complexity index is 1010. The first-order valence-corrected chi connectivity index (χ1v) is 10.4. The molecule has 3 aromatic rings. The molecule has 0 bridgehead atoms. The Kier molecular flexibility index (Phi) is 5.57. The van der Waals surface area contributed by atoms with Crippen molar-refractivity contribution < 1.29 is 9.18 Å². The number of nitrogens with zero attached hydrogens (tertiary/aromatic N) is 6. The maximum absolute atomic E-state index is 13.4. The van der Waals surface area contributed by atoms with E-state index in [2.05, 4.69) is 20.3 Å². The zero-order valence-corrected chi connectivity index (χ0v) is 17.1. The number of rotatable bonds is 5. The van der Waals surface area contributed by atoms with Crippen LogP contribution >= 0.6 is 11.8 Å². The van der Waals surface area contributed by atoms with E-state index in [-0.39, 0.29) is 11.7 Å². The fourth-order valence-corrected chi connectivity index (χ4v) is 4.29. The van der Waals surface area contributed by atoms with Crippen LogP contribution < -0.4 is 0 Å². The third kappa shape index (κ3) is 4.29. The molecule has 29 heavy (non-hydrogen) atoms. The van der Waals surface area contributed by atoms with Crippen LogP contribution in [-0.4, -0.2) is 48.9 Å². The number of amides is 1. The minimum Gasteiger partial charge on any atom is -0.337 e. The summed E-state index contributed by atoms with van der Waals surface area (Å²) in [6, 6.07) is 7.88. The van der Waals surface area contributed by atoms with Gasteiger partial charge in [-0.2, -0.15) is 0 Å². The lowest BCUT2D eigenvalue weighted by Gasteiger charge is -2.14. The molecule has 0 N–H and O–H groups in total. The second-order valence-corrected chi connectivity index (χ2v) is 7.94. The van der Waals surface area contributed by atoms with Crippen LogP contribution in [-0.2, 0) is 5.75 Å². The first-order chi connectivity index (χ1) is 14.0. The number of thioether (sulfide) groups is 1. The average Bonchev–Trinajstić information content (AvgIpc) is 3.36. The predicted molar refractivity (Wildman–Crippen MR) is 108 cm³/mol. The zero-order valence-electron chi connectivity index (χ0n) is 16.3. The van der Waals surface area contributed by atoms with Crippen molar-refractivity contribution in [2.45, 2.75) is 37.6 Å². The summed E-state index contributed by atoms with van der Waals surface area (Å²) in [5, 5.41) is 9.01. The van der Waals surface area contributed by atoms with E-state index in [0.717, 1.165) is 37.3 Å². The summed E-state index contributed by atoms with van der Waals surface area (Å²) in [6.07, 6.45) is 2.00. The SMILES string of the molecule is Cc1cc(C)nc(SCc2c(C(=O)N3CCCC3)nnn2-c2ccc(F)cc2)n1. The highest BCUT2D eigenvalue weighted by Crippen LogP contribution is 2.25. The Morgan fingerprint density at radius 2 is 1.76 bits per heavy atom. The molecule has 4 rings (SSSR count). The van der Waals surface area contributed by atoms with Crippen LogP contribution in [0.3, 0.4) is 0 Å². The Morgan fingerprint density at radius 3 is 2.41 bits per heavy atom. The van der Waals surface area contributed by atoms with Gasteiger partial charge in [0.25, 0.3) is 5.91 Å². The summed E-state index contributed by atoms with van der Waals surface area (Å²) < 4.78 is 15.0. The van der Waals surface area contributed by atoms with Gasteiger partial charge in [0.1, 0.15) is 5.82 Å². The molecule has 0 saturated carbocycles. The van der Waals surface area contributed by atoms with Gasteiger partial charge in [0.15, 0.2) is 10.9 Å². The van der Waals surface area contributed by atoms with Crippen molar-refractivity contribution in [3.05, 3.63) is 58.9 Å². The Hall–Kier alpha value is -2.81. The van der Waals surface area contributed by atoms with Gasteiger partial charge in [-0.25, -0.2) is 19.0 Å². The van der Waals surface area contributed by atoms with E-state index < -0.39 is 0 Å². The molecule has 1 amide bonds. The summed E-state index contributed by atoms with van der Waals surface area (Å²) in [5.41, 5.74) is 3.41. The Balaban J connectivity index is 1.68. The number of carbonyl (C=O) groups excluding carboxylic acids is 1. The number of benzene rings is 1. The molecule has 1 saturated heterocycles. The van der Waals surface area contributed by atoms with Gasteiger partial charge in [-0.15, -0.1) is 5.10 Å². The van der Waals surface area contributed by atoms with Crippen LogP contribution in [0.25, 0.3) is 5.69 Å². The second kappa shape index (κ2) is 8.28. The lowest BCUT2D eigenvalue weighted by atomic mass is 10.2. The normalized spacial score (nSPS) is 13.8. The molecular weight excluding hydrogens is 391 g/mol. The third-order valence-electron chi connectivity index (χ3n) is 4.73. The van der Waals surface area contributed by atoms with Crippen molar-refractivity contribution in [3.63, 3.8) is 0 Å². The number of aromatic nitrogens is 5. The van der Waals surface area contributed by atoms with Gasteiger partial charge in [0.2, 0.25) is 0 Å². The van der Waals surface area contributed by atoms with Crippen molar-refractivity contribution in [3.8, 4) is 5.69 Å². The van der Waals surface area contributed by atoms with Crippen molar-refractivity contribution in [1.29, 1.82) is 0 Å². The summed E-state index contributed by atoms with van der Waals surface area (Å²) in [6.45, 7) is 5.31. The number of likely N-dealkylation sites (tertiary alicyclic amines) is 1. The molecule has 1 fully saturated rings. The van der Waals surface area contributed by atoms with Gasteiger partial charge < -0.3 is 4.90 Å². The summed E-state index contributed by atoms with van der Waals surface area (Å²) in [7, 11) is 0. The van der Waals surface area contributed by atoms with E-state index in [0.29, 0.717) is 28.0 Å². The van der Waals surface area contributed by atoms with Crippen molar-refractivity contribution in [2.75, 3.05) is 13.1 Å². The molecular formula is C20H21FN6OS. The van der Waals surface area contributed by atoms with Gasteiger partial charge in [0.05, 0.1) is 11.4 Å². The van der Waals surface area contributed by atoms with Gasteiger partial charge in [0, 0.05) is 30.2 Å². The molecule has 7 nitrogen and oxygen atoms in total. The number of hydrogen-bond donors (Lipinski definition) is 0. The minimum atomic E-state index is -0.332. The molecule has 0 spiro atoms. The quantitative estimate of drug-likeness (QED) is 0.473. The fourth-order valence-electron chi connectivity index (χ4n) is 3.35. The van der Waals surface area contributed by atoms with E-state index >= 15 is 0 Å². The number of carbonyl (C=O) groups is 1. The second-order valence-electron chi connectivity index (χ2n) is 6.99.